The van der Waals surface area contributed by atoms with Gasteiger partial charge in [0.1, 0.15) is 10.8 Å². The van der Waals surface area contributed by atoms with Crippen molar-refractivity contribution in [3.05, 3.63) is 69.9 Å². The van der Waals surface area contributed by atoms with Crippen molar-refractivity contribution in [2.45, 2.75) is 30.6 Å². The van der Waals surface area contributed by atoms with Gasteiger partial charge in [0, 0.05) is 24.7 Å². The summed E-state index contributed by atoms with van der Waals surface area (Å²) in [6.07, 6.45) is 1.20. The predicted molar refractivity (Wildman–Crippen MR) is 116 cm³/mol. The standard InChI is InChI=1S/C21H21FN4O3S2/c1-14-5-2-3-8-18(14)31(28,29)26-11-9-15(10-12-26)20-24-25-21(30-20)19(27)23-17-7-4-6-16(22)13-17/h2-8,13,15H,9-12H2,1H3,(H,23,27). The van der Waals surface area contributed by atoms with Crippen LogP contribution in [-0.2, 0) is 10.0 Å². The van der Waals surface area contributed by atoms with Gasteiger partial charge in [-0.05, 0) is 49.6 Å². The Bertz CT molecular complexity index is 1200. The minimum Gasteiger partial charge on any atom is -0.320 e. The highest BCUT2D eigenvalue weighted by atomic mass is 32.2. The molecule has 0 bridgehead atoms. The van der Waals surface area contributed by atoms with Crippen LogP contribution in [0.1, 0.15) is 39.1 Å². The Balaban J connectivity index is 1.40. The van der Waals surface area contributed by atoms with Crippen LogP contribution in [0.5, 0.6) is 0 Å². The number of carbonyl (C=O) groups is 1. The molecule has 0 unspecified atom stereocenters. The van der Waals surface area contributed by atoms with Crippen LogP contribution in [0, 0.1) is 12.7 Å². The number of anilines is 1. The molecule has 7 nitrogen and oxygen atoms in total. The summed E-state index contributed by atoms with van der Waals surface area (Å²) in [5.41, 5.74) is 1.07. The average molecular weight is 461 g/mol. The van der Waals surface area contributed by atoms with Gasteiger partial charge in [-0.1, -0.05) is 35.6 Å². The molecule has 0 atom stereocenters. The Morgan fingerprint density at radius 3 is 2.58 bits per heavy atom. The summed E-state index contributed by atoms with van der Waals surface area (Å²) in [4.78, 5) is 12.7. The molecular formula is C21H21FN4O3S2. The van der Waals surface area contributed by atoms with Gasteiger partial charge in [0.25, 0.3) is 5.91 Å². The first-order valence-corrected chi connectivity index (χ1v) is 12.1. The zero-order chi connectivity index (χ0) is 22.0. The lowest BCUT2D eigenvalue weighted by Crippen LogP contribution is -2.38. The first kappa shape index (κ1) is 21.5. The van der Waals surface area contributed by atoms with Crippen LogP contribution < -0.4 is 5.32 Å². The molecule has 4 rings (SSSR count). The van der Waals surface area contributed by atoms with E-state index in [4.69, 9.17) is 0 Å². The van der Waals surface area contributed by atoms with Crippen molar-refractivity contribution in [1.82, 2.24) is 14.5 Å². The lowest BCUT2D eigenvalue weighted by atomic mass is 9.99. The third kappa shape index (κ3) is 4.65. The molecule has 0 spiro atoms. The third-order valence-electron chi connectivity index (χ3n) is 5.23. The van der Waals surface area contributed by atoms with Gasteiger partial charge in [0.05, 0.1) is 4.90 Å². The van der Waals surface area contributed by atoms with Crippen LogP contribution in [0.2, 0.25) is 0 Å². The summed E-state index contributed by atoms with van der Waals surface area (Å²) in [5, 5.41) is 11.6. The summed E-state index contributed by atoms with van der Waals surface area (Å²) < 4.78 is 40.7. The third-order valence-corrected chi connectivity index (χ3v) is 8.38. The van der Waals surface area contributed by atoms with E-state index < -0.39 is 21.7 Å². The number of halogens is 1. The van der Waals surface area contributed by atoms with E-state index in [-0.39, 0.29) is 10.9 Å². The normalized spacial score (nSPS) is 15.7. The largest absolute Gasteiger partial charge is 0.320 e. The number of aromatic nitrogens is 2. The van der Waals surface area contributed by atoms with Gasteiger partial charge in [-0.2, -0.15) is 4.31 Å². The first-order valence-electron chi connectivity index (χ1n) is 9.80. The number of sulfonamides is 1. The number of hydrogen-bond acceptors (Lipinski definition) is 6. The number of aryl methyl sites for hydroxylation is 1. The molecule has 1 amide bonds. The molecule has 1 fully saturated rings. The molecule has 31 heavy (non-hydrogen) atoms. The molecule has 2 aromatic carbocycles. The predicted octanol–water partition coefficient (Wildman–Crippen LogP) is 3.81. The van der Waals surface area contributed by atoms with Gasteiger partial charge in [-0.25, -0.2) is 12.8 Å². The van der Waals surface area contributed by atoms with E-state index >= 15 is 0 Å². The maximum absolute atomic E-state index is 13.3. The van der Waals surface area contributed by atoms with E-state index in [1.54, 1.807) is 31.2 Å². The van der Waals surface area contributed by atoms with Gasteiger partial charge < -0.3 is 5.32 Å². The van der Waals surface area contributed by atoms with Gasteiger partial charge >= 0.3 is 0 Å². The number of amides is 1. The molecule has 1 aliphatic rings. The second-order valence-electron chi connectivity index (χ2n) is 7.35. The monoisotopic (exact) mass is 460 g/mol. The minimum absolute atomic E-state index is 0.0385. The smallest absolute Gasteiger partial charge is 0.286 e. The molecule has 1 N–H and O–H groups in total. The van der Waals surface area contributed by atoms with Crippen LogP contribution in [0.15, 0.2) is 53.4 Å². The Labute approximate surface area is 184 Å². The lowest BCUT2D eigenvalue weighted by molar-refractivity contribution is 0.102. The van der Waals surface area contributed by atoms with Crippen molar-refractivity contribution < 1.29 is 17.6 Å². The van der Waals surface area contributed by atoms with E-state index in [9.17, 15) is 17.6 Å². The molecular weight excluding hydrogens is 439 g/mol. The number of benzene rings is 2. The van der Waals surface area contributed by atoms with Crippen molar-refractivity contribution in [2.24, 2.45) is 0 Å². The van der Waals surface area contributed by atoms with E-state index in [1.807, 2.05) is 6.07 Å². The summed E-state index contributed by atoms with van der Waals surface area (Å²) in [6.45, 7) is 2.55. The molecule has 0 saturated carbocycles. The number of nitrogens with zero attached hydrogens (tertiary/aromatic N) is 3. The molecule has 0 radical (unpaired) electrons. The zero-order valence-corrected chi connectivity index (χ0v) is 18.4. The Kier molecular flexibility index (Phi) is 6.12. The van der Waals surface area contributed by atoms with Crippen LogP contribution >= 0.6 is 11.3 Å². The highest BCUT2D eigenvalue weighted by Crippen LogP contribution is 2.33. The van der Waals surface area contributed by atoms with Crippen LogP contribution in [0.4, 0.5) is 10.1 Å². The minimum atomic E-state index is -3.54. The number of nitrogens with one attached hydrogen (secondary N) is 1. The molecule has 1 aromatic heterocycles. The fourth-order valence-corrected chi connectivity index (χ4v) is 6.17. The van der Waals surface area contributed by atoms with Crippen LogP contribution in [-0.4, -0.2) is 41.9 Å². The van der Waals surface area contributed by atoms with Gasteiger partial charge in [0.2, 0.25) is 15.0 Å². The van der Waals surface area contributed by atoms with Crippen molar-refractivity contribution >= 4 is 33.0 Å². The average Bonchev–Trinajstić information content (AvgIpc) is 3.24. The van der Waals surface area contributed by atoms with Crippen molar-refractivity contribution in [2.75, 3.05) is 18.4 Å². The molecule has 10 heteroatoms. The number of rotatable bonds is 5. The molecule has 3 aromatic rings. The fourth-order valence-electron chi connectivity index (χ4n) is 3.57. The van der Waals surface area contributed by atoms with Gasteiger partial charge in [-0.15, -0.1) is 10.2 Å². The zero-order valence-electron chi connectivity index (χ0n) is 16.8. The fraction of sp³-hybridized carbons (Fsp3) is 0.286. The van der Waals surface area contributed by atoms with Gasteiger partial charge in [0.15, 0.2) is 0 Å². The van der Waals surface area contributed by atoms with Gasteiger partial charge in [-0.3, -0.25) is 4.79 Å². The van der Waals surface area contributed by atoms with E-state index in [1.165, 1.54) is 33.8 Å². The maximum atomic E-state index is 13.3. The quantitative estimate of drug-likeness (QED) is 0.625. The number of hydrogen-bond donors (Lipinski definition) is 1. The van der Waals surface area contributed by atoms with Crippen LogP contribution in [0.25, 0.3) is 0 Å². The highest BCUT2D eigenvalue weighted by molar-refractivity contribution is 7.89. The van der Waals surface area contributed by atoms with Crippen LogP contribution in [0.3, 0.4) is 0 Å². The Morgan fingerprint density at radius 2 is 1.87 bits per heavy atom. The molecule has 162 valence electrons. The maximum Gasteiger partial charge on any atom is 0.286 e. The molecule has 1 aliphatic heterocycles. The SMILES string of the molecule is Cc1ccccc1S(=O)(=O)N1CCC(c2nnc(C(=O)Nc3cccc(F)c3)s2)CC1. The Hall–Kier alpha value is -2.69. The summed E-state index contributed by atoms with van der Waals surface area (Å²) >= 11 is 1.18. The second kappa shape index (κ2) is 8.81. The second-order valence-corrected chi connectivity index (χ2v) is 10.3. The van der Waals surface area contributed by atoms with E-state index in [0.717, 1.165) is 5.56 Å². The van der Waals surface area contributed by atoms with Crippen molar-refractivity contribution in [3.8, 4) is 0 Å². The summed E-state index contributed by atoms with van der Waals surface area (Å²) in [6, 6.07) is 12.6. The number of piperidine rings is 1. The lowest BCUT2D eigenvalue weighted by Gasteiger charge is -2.30. The van der Waals surface area contributed by atoms with Crippen molar-refractivity contribution in [3.63, 3.8) is 0 Å². The van der Waals surface area contributed by atoms with Crippen molar-refractivity contribution in [1.29, 1.82) is 0 Å². The highest BCUT2D eigenvalue weighted by Gasteiger charge is 2.32. The molecule has 0 aliphatic carbocycles. The molecule has 2 heterocycles. The topological polar surface area (TPSA) is 92.3 Å². The summed E-state index contributed by atoms with van der Waals surface area (Å²) in [7, 11) is -3.54. The Morgan fingerprint density at radius 1 is 1.13 bits per heavy atom. The summed E-state index contributed by atoms with van der Waals surface area (Å²) in [5.74, 6) is -0.853. The molecule has 1 saturated heterocycles. The van der Waals surface area contributed by atoms with E-state index in [2.05, 4.69) is 15.5 Å². The first-order chi connectivity index (χ1) is 14.8. The van der Waals surface area contributed by atoms with E-state index in [0.29, 0.717) is 41.5 Å². The number of carbonyl (C=O) groups excluding carboxylic acids is 1.